The second kappa shape index (κ2) is 10.8. The van der Waals surface area contributed by atoms with Crippen LogP contribution in [-0.2, 0) is 4.79 Å². The summed E-state index contributed by atoms with van der Waals surface area (Å²) in [7, 11) is 1.56. The van der Waals surface area contributed by atoms with Gasteiger partial charge in [0.05, 0.1) is 18.9 Å². The molecule has 0 atom stereocenters. The maximum absolute atomic E-state index is 12.2. The van der Waals surface area contributed by atoms with E-state index >= 15 is 0 Å². The first kappa shape index (κ1) is 22.6. The number of carbonyl (C=O) groups excluding carboxylic acids is 2. The van der Waals surface area contributed by atoms with Crippen LogP contribution in [0, 0.1) is 13.8 Å². The Morgan fingerprint density at radius 2 is 1.53 bits per heavy atom. The average molecular weight is 432 g/mol. The number of hydrogen-bond donors (Lipinski definition) is 1. The monoisotopic (exact) mass is 432 g/mol. The zero-order chi connectivity index (χ0) is 22.9. The zero-order valence-electron chi connectivity index (χ0n) is 18.1. The molecule has 0 heterocycles. The molecule has 3 aromatic carbocycles. The number of esters is 1. The molecule has 0 aromatic heterocycles. The van der Waals surface area contributed by atoms with Gasteiger partial charge in [-0.15, -0.1) is 0 Å². The highest BCUT2D eigenvalue weighted by Crippen LogP contribution is 2.22. The number of ether oxygens (including phenoxy) is 3. The maximum atomic E-state index is 12.2. The van der Waals surface area contributed by atoms with E-state index in [4.69, 9.17) is 14.2 Å². The minimum atomic E-state index is -0.467. The third-order valence-corrected chi connectivity index (χ3v) is 4.58. The van der Waals surface area contributed by atoms with Crippen molar-refractivity contribution >= 4 is 18.1 Å². The highest BCUT2D eigenvalue weighted by Gasteiger charge is 2.09. The van der Waals surface area contributed by atoms with Gasteiger partial charge in [0.1, 0.15) is 17.2 Å². The molecule has 0 radical (unpaired) electrons. The van der Waals surface area contributed by atoms with Gasteiger partial charge in [0.2, 0.25) is 0 Å². The number of nitrogens with one attached hydrogen (secondary N) is 1. The van der Waals surface area contributed by atoms with Crippen molar-refractivity contribution in [3.63, 3.8) is 0 Å². The fourth-order valence-corrected chi connectivity index (χ4v) is 2.89. The van der Waals surface area contributed by atoms with Crippen LogP contribution < -0.4 is 19.6 Å². The molecule has 1 amide bonds. The Balaban J connectivity index is 1.48. The molecule has 3 aromatic rings. The second-order valence-electron chi connectivity index (χ2n) is 6.99. The van der Waals surface area contributed by atoms with E-state index in [-0.39, 0.29) is 12.5 Å². The molecule has 7 nitrogen and oxygen atoms in total. The number of hydrogen-bond acceptors (Lipinski definition) is 6. The predicted molar refractivity (Wildman–Crippen MR) is 122 cm³/mol. The van der Waals surface area contributed by atoms with Gasteiger partial charge in [0, 0.05) is 0 Å². The van der Waals surface area contributed by atoms with Crippen LogP contribution in [-0.4, -0.2) is 31.8 Å². The quantitative estimate of drug-likeness (QED) is 0.251. The molecule has 0 bridgehead atoms. The smallest absolute Gasteiger partial charge is 0.343 e. The van der Waals surface area contributed by atoms with Crippen molar-refractivity contribution in [2.45, 2.75) is 13.8 Å². The Kier molecular flexibility index (Phi) is 7.59. The minimum absolute atomic E-state index is 0.136. The number of nitrogens with zero attached hydrogens (tertiary/aromatic N) is 1. The summed E-state index contributed by atoms with van der Waals surface area (Å²) in [5, 5.41) is 3.93. The number of amides is 1. The summed E-state index contributed by atoms with van der Waals surface area (Å²) in [6, 6.07) is 19.2. The van der Waals surface area contributed by atoms with Crippen molar-refractivity contribution < 1.29 is 23.8 Å². The van der Waals surface area contributed by atoms with Crippen molar-refractivity contribution in [3.05, 3.63) is 89.0 Å². The van der Waals surface area contributed by atoms with Crippen LogP contribution in [0.5, 0.6) is 17.2 Å². The molecule has 0 unspecified atom stereocenters. The van der Waals surface area contributed by atoms with E-state index in [0.29, 0.717) is 22.8 Å². The van der Waals surface area contributed by atoms with Gasteiger partial charge in [-0.3, -0.25) is 4.79 Å². The van der Waals surface area contributed by atoms with Gasteiger partial charge in [0.25, 0.3) is 5.91 Å². The van der Waals surface area contributed by atoms with Crippen molar-refractivity contribution in [2.24, 2.45) is 5.10 Å². The van der Waals surface area contributed by atoms with Gasteiger partial charge in [0.15, 0.2) is 6.61 Å². The Labute approximate surface area is 186 Å². The van der Waals surface area contributed by atoms with Crippen LogP contribution in [0.15, 0.2) is 71.8 Å². The molecule has 164 valence electrons. The maximum Gasteiger partial charge on any atom is 0.343 e. The molecule has 0 aliphatic carbocycles. The number of hydrazone groups is 1. The van der Waals surface area contributed by atoms with Gasteiger partial charge >= 0.3 is 5.97 Å². The lowest BCUT2D eigenvalue weighted by Crippen LogP contribution is -2.25. The van der Waals surface area contributed by atoms with Crippen molar-refractivity contribution in [3.8, 4) is 17.2 Å². The van der Waals surface area contributed by atoms with Crippen molar-refractivity contribution in [1.82, 2.24) is 5.43 Å². The molecular formula is C25H24N2O5. The molecule has 0 aliphatic rings. The lowest BCUT2D eigenvalue weighted by molar-refractivity contribution is -0.123. The van der Waals surface area contributed by atoms with Gasteiger partial charge in [-0.25, -0.2) is 10.2 Å². The Morgan fingerprint density at radius 1 is 0.906 bits per heavy atom. The van der Waals surface area contributed by atoms with E-state index in [1.165, 1.54) is 6.21 Å². The highest BCUT2D eigenvalue weighted by molar-refractivity contribution is 5.91. The molecule has 32 heavy (non-hydrogen) atoms. The highest BCUT2D eigenvalue weighted by atomic mass is 16.5. The first-order valence-electron chi connectivity index (χ1n) is 9.93. The second-order valence-corrected chi connectivity index (χ2v) is 6.99. The molecular weight excluding hydrogens is 408 g/mol. The van der Waals surface area contributed by atoms with Crippen LogP contribution in [0.2, 0.25) is 0 Å². The Hall–Kier alpha value is -4.13. The van der Waals surface area contributed by atoms with Gasteiger partial charge in [-0.2, -0.15) is 5.10 Å². The number of carbonyl (C=O) groups is 2. The summed E-state index contributed by atoms with van der Waals surface area (Å²) in [5.74, 6) is 0.925. The first-order valence-corrected chi connectivity index (χ1v) is 9.93. The number of aryl methyl sites for hydroxylation is 2. The van der Waals surface area contributed by atoms with E-state index in [9.17, 15) is 9.59 Å². The van der Waals surface area contributed by atoms with E-state index in [1.54, 1.807) is 55.6 Å². The van der Waals surface area contributed by atoms with E-state index in [1.807, 2.05) is 32.0 Å². The van der Waals surface area contributed by atoms with Crippen LogP contribution in [0.3, 0.4) is 0 Å². The number of benzene rings is 3. The summed E-state index contributed by atoms with van der Waals surface area (Å²) in [5.41, 5.74) is 5.51. The summed E-state index contributed by atoms with van der Waals surface area (Å²) in [4.78, 5) is 24.2. The van der Waals surface area contributed by atoms with Gasteiger partial charge in [-0.05, 0) is 79.1 Å². The normalized spacial score (nSPS) is 10.6. The molecule has 0 saturated carbocycles. The summed E-state index contributed by atoms with van der Waals surface area (Å²) >= 11 is 0. The number of para-hydroxylation sites is 1. The standard InChI is InChI=1S/C25H24N2O5/c1-17-5-4-6-18(2)24(17)31-16-23(28)27-26-15-19-7-11-22(12-8-19)32-25(29)20-9-13-21(30-3)14-10-20/h4-15H,16H2,1-3H3,(H,27,28)/b26-15-. The molecule has 0 spiro atoms. The molecule has 0 aliphatic heterocycles. The summed E-state index contributed by atoms with van der Waals surface area (Å²) < 4.78 is 16.0. The summed E-state index contributed by atoms with van der Waals surface area (Å²) in [6.07, 6.45) is 1.49. The summed E-state index contributed by atoms with van der Waals surface area (Å²) in [6.45, 7) is 3.72. The van der Waals surface area contributed by atoms with Crippen LogP contribution in [0.1, 0.15) is 27.0 Å². The molecule has 0 fully saturated rings. The van der Waals surface area contributed by atoms with Crippen LogP contribution in [0.4, 0.5) is 0 Å². The largest absolute Gasteiger partial charge is 0.497 e. The number of rotatable bonds is 8. The lowest BCUT2D eigenvalue weighted by atomic mass is 10.1. The minimum Gasteiger partial charge on any atom is -0.497 e. The average Bonchev–Trinajstić information content (AvgIpc) is 2.80. The lowest BCUT2D eigenvalue weighted by Gasteiger charge is -2.10. The van der Waals surface area contributed by atoms with Crippen molar-refractivity contribution in [1.29, 1.82) is 0 Å². The van der Waals surface area contributed by atoms with E-state index in [0.717, 1.165) is 16.7 Å². The first-order chi connectivity index (χ1) is 15.5. The Morgan fingerprint density at radius 3 is 2.16 bits per heavy atom. The van der Waals surface area contributed by atoms with Gasteiger partial charge < -0.3 is 14.2 Å². The molecule has 3 rings (SSSR count). The molecule has 7 heteroatoms. The van der Waals surface area contributed by atoms with Crippen LogP contribution >= 0.6 is 0 Å². The van der Waals surface area contributed by atoms with Crippen molar-refractivity contribution in [2.75, 3.05) is 13.7 Å². The fourth-order valence-electron chi connectivity index (χ4n) is 2.89. The third kappa shape index (κ3) is 6.18. The number of methoxy groups -OCH3 is 1. The third-order valence-electron chi connectivity index (χ3n) is 4.58. The fraction of sp³-hybridized carbons (Fsp3) is 0.160. The predicted octanol–water partition coefficient (Wildman–Crippen LogP) is 4.06. The topological polar surface area (TPSA) is 86.2 Å². The SMILES string of the molecule is COc1ccc(C(=O)Oc2ccc(/C=N\NC(=O)COc3c(C)cccc3C)cc2)cc1. The Bertz CT molecular complexity index is 1090. The van der Waals surface area contributed by atoms with E-state index < -0.39 is 5.97 Å². The zero-order valence-corrected chi connectivity index (χ0v) is 18.1. The molecule has 0 saturated heterocycles. The van der Waals surface area contributed by atoms with Gasteiger partial charge in [-0.1, -0.05) is 18.2 Å². The van der Waals surface area contributed by atoms with E-state index in [2.05, 4.69) is 10.5 Å². The van der Waals surface area contributed by atoms with Crippen LogP contribution in [0.25, 0.3) is 0 Å². The molecule has 1 N–H and O–H groups in total.